The molecule has 0 spiro atoms. The number of halogens is 2. The second-order valence-corrected chi connectivity index (χ2v) is 5.49. The quantitative estimate of drug-likeness (QED) is 0.691. The van der Waals surface area contributed by atoms with Crippen LogP contribution in [-0.2, 0) is 13.0 Å². The maximum atomic E-state index is 6.16. The van der Waals surface area contributed by atoms with E-state index < -0.39 is 0 Å². The van der Waals surface area contributed by atoms with Gasteiger partial charge in [-0.05, 0) is 30.7 Å². The van der Waals surface area contributed by atoms with Crippen LogP contribution in [0.4, 0.5) is 0 Å². The number of rotatable bonds is 4. The lowest BCUT2D eigenvalue weighted by Crippen LogP contribution is -1.99. The second kappa shape index (κ2) is 5.96. The molecule has 0 saturated heterocycles. The summed E-state index contributed by atoms with van der Waals surface area (Å²) in [5, 5.41) is 1.21. The van der Waals surface area contributed by atoms with Crippen LogP contribution in [-0.4, -0.2) is 9.38 Å². The number of ether oxygens (including phenoxy) is 1. The summed E-state index contributed by atoms with van der Waals surface area (Å²) in [6.07, 6.45) is 4.85. The van der Waals surface area contributed by atoms with Crippen molar-refractivity contribution in [3.8, 4) is 5.75 Å². The minimum Gasteiger partial charge on any atom is -0.485 e. The average Bonchev–Trinajstić information content (AvgIpc) is 2.90. The summed E-state index contributed by atoms with van der Waals surface area (Å²) < 4.78 is 7.83. The maximum Gasteiger partial charge on any atom is 0.179 e. The van der Waals surface area contributed by atoms with Crippen molar-refractivity contribution in [3.05, 3.63) is 64.0 Å². The molecule has 2 aromatic heterocycles. The smallest absolute Gasteiger partial charge is 0.179 e. The molecule has 0 saturated carbocycles. The molecular formula is C16H14Cl2N2O. The van der Waals surface area contributed by atoms with Crippen molar-refractivity contribution < 1.29 is 4.74 Å². The highest BCUT2D eigenvalue weighted by atomic mass is 35.5. The molecule has 3 nitrogen and oxygen atoms in total. The number of imidazole rings is 1. The highest BCUT2D eigenvalue weighted by Gasteiger charge is 2.10. The maximum absolute atomic E-state index is 6.16. The Kier molecular flexibility index (Phi) is 4.04. The standard InChI is InChI=1S/C16H14Cl2N2O/c1-2-11-9-20-8-4-7-15(16(20)19-11)21-10-12-13(17)5-3-6-14(12)18/h3-9H,2,10H2,1H3. The van der Waals surface area contributed by atoms with Gasteiger partial charge in [-0.3, -0.25) is 0 Å². The van der Waals surface area contributed by atoms with Gasteiger partial charge in [0.25, 0.3) is 0 Å². The lowest BCUT2D eigenvalue weighted by Gasteiger charge is -2.10. The van der Waals surface area contributed by atoms with Gasteiger partial charge in [0, 0.05) is 28.0 Å². The van der Waals surface area contributed by atoms with E-state index in [0.29, 0.717) is 22.4 Å². The van der Waals surface area contributed by atoms with E-state index in [0.717, 1.165) is 23.3 Å². The lowest BCUT2D eigenvalue weighted by molar-refractivity contribution is 0.308. The van der Waals surface area contributed by atoms with E-state index in [4.69, 9.17) is 27.9 Å². The van der Waals surface area contributed by atoms with Crippen molar-refractivity contribution in [2.45, 2.75) is 20.0 Å². The molecule has 0 aliphatic carbocycles. The number of hydrogen-bond donors (Lipinski definition) is 0. The third-order valence-electron chi connectivity index (χ3n) is 3.29. The number of nitrogens with zero attached hydrogens (tertiary/aromatic N) is 2. The molecule has 0 aliphatic rings. The summed E-state index contributed by atoms with van der Waals surface area (Å²) in [5.41, 5.74) is 2.62. The van der Waals surface area contributed by atoms with Gasteiger partial charge in [0.05, 0.1) is 5.69 Å². The van der Waals surface area contributed by atoms with Crippen molar-refractivity contribution in [2.75, 3.05) is 0 Å². The fraction of sp³-hybridized carbons (Fsp3) is 0.188. The van der Waals surface area contributed by atoms with Crippen LogP contribution in [0.1, 0.15) is 18.2 Å². The molecule has 3 rings (SSSR count). The molecule has 2 heterocycles. The van der Waals surface area contributed by atoms with E-state index in [-0.39, 0.29) is 0 Å². The summed E-state index contributed by atoms with van der Waals surface area (Å²) >= 11 is 12.3. The zero-order chi connectivity index (χ0) is 14.8. The predicted molar refractivity (Wildman–Crippen MR) is 85.4 cm³/mol. The molecule has 0 amide bonds. The lowest BCUT2D eigenvalue weighted by atomic mass is 10.2. The fourth-order valence-corrected chi connectivity index (χ4v) is 2.65. The average molecular weight is 321 g/mol. The Balaban J connectivity index is 1.90. The van der Waals surface area contributed by atoms with Gasteiger partial charge in [-0.2, -0.15) is 0 Å². The van der Waals surface area contributed by atoms with Crippen molar-refractivity contribution in [1.82, 2.24) is 9.38 Å². The normalized spacial score (nSPS) is 11.0. The number of aromatic nitrogens is 2. The first-order valence-corrected chi connectivity index (χ1v) is 7.47. The molecule has 3 aromatic rings. The molecule has 108 valence electrons. The number of pyridine rings is 1. The molecule has 5 heteroatoms. The van der Waals surface area contributed by atoms with Crippen molar-refractivity contribution in [2.24, 2.45) is 0 Å². The number of hydrogen-bond acceptors (Lipinski definition) is 2. The summed E-state index contributed by atoms with van der Waals surface area (Å²) in [7, 11) is 0. The van der Waals surface area contributed by atoms with Gasteiger partial charge in [-0.15, -0.1) is 0 Å². The molecule has 0 radical (unpaired) electrons. The Morgan fingerprint density at radius 3 is 2.62 bits per heavy atom. The van der Waals surface area contributed by atoms with Gasteiger partial charge in [0.15, 0.2) is 11.4 Å². The van der Waals surface area contributed by atoms with E-state index in [1.165, 1.54) is 0 Å². The van der Waals surface area contributed by atoms with Crippen LogP contribution in [0.2, 0.25) is 10.0 Å². The first-order valence-electron chi connectivity index (χ1n) is 6.71. The van der Waals surface area contributed by atoms with E-state index in [2.05, 4.69) is 11.9 Å². The van der Waals surface area contributed by atoms with Crippen LogP contribution in [0, 0.1) is 0 Å². The Labute approximate surface area is 133 Å². The van der Waals surface area contributed by atoms with Crippen LogP contribution in [0.25, 0.3) is 5.65 Å². The minimum absolute atomic E-state index is 0.312. The molecular weight excluding hydrogens is 307 g/mol. The third-order valence-corrected chi connectivity index (χ3v) is 4.00. The van der Waals surface area contributed by atoms with Gasteiger partial charge >= 0.3 is 0 Å². The molecule has 0 N–H and O–H groups in total. The van der Waals surface area contributed by atoms with Crippen molar-refractivity contribution in [3.63, 3.8) is 0 Å². The zero-order valence-electron chi connectivity index (χ0n) is 11.5. The monoisotopic (exact) mass is 320 g/mol. The van der Waals surface area contributed by atoms with E-state index in [1.807, 2.05) is 35.0 Å². The van der Waals surface area contributed by atoms with Gasteiger partial charge in [-0.1, -0.05) is 36.2 Å². The summed E-state index contributed by atoms with van der Waals surface area (Å²) in [6.45, 7) is 2.39. The Morgan fingerprint density at radius 1 is 1.14 bits per heavy atom. The van der Waals surface area contributed by atoms with Gasteiger partial charge in [0.1, 0.15) is 6.61 Å². The number of fused-ring (bicyclic) bond motifs is 1. The Bertz CT molecular complexity index is 763. The highest BCUT2D eigenvalue weighted by Crippen LogP contribution is 2.27. The summed E-state index contributed by atoms with van der Waals surface area (Å²) in [5.74, 6) is 0.716. The zero-order valence-corrected chi connectivity index (χ0v) is 13.0. The van der Waals surface area contributed by atoms with Crippen LogP contribution in [0.15, 0.2) is 42.7 Å². The summed E-state index contributed by atoms with van der Waals surface area (Å²) in [6, 6.07) is 9.25. The SMILES string of the molecule is CCc1cn2cccc(OCc3c(Cl)cccc3Cl)c2n1. The molecule has 0 fully saturated rings. The molecule has 1 aromatic carbocycles. The second-order valence-electron chi connectivity index (χ2n) is 4.68. The fourth-order valence-electron chi connectivity index (χ4n) is 2.14. The van der Waals surface area contributed by atoms with E-state index in [9.17, 15) is 0 Å². The molecule has 0 atom stereocenters. The number of benzene rings is 1. The van der Waals surface area contributed by atoms with Crippen LogP contribution in [0.3, 0.4) is 0 Å². The highest BCUT2D eigenvalue weighted by molar-refractivity contribution is 6.35. The Morgan fingerprint density at radius 2 is 1.90 bits per heavy atom. The topological polar surface area (TPSA) is 26.5 Å². The van der Waals surface area contributed by atoms with Gasteiger partial charge < -0.3 is 9.14 Å². The van der Waals surface area contributed by atoms with Crippen molar-refractivity contribution in [1.29, 1.82) is 0 Å². The number of aryl methyl sites for hydroxylation is 1. The van der Waals surface area contributed by atoms with Crippen LogP contribution < -0.4 is 4.74 Å². The predicted octanol–water partition coefficient (Wildman–Crippen LogP) is 4.78. The minimum atomic E-state index is 0.312. The molecule has 0 unspecified atom stereocenters. The van der Waals surface area contributed by atoms with E-state index >= 15 is 0 Å². The molecule has 0 bridgehead atoms. The first kappa shape index (κ1) is 14.2. The first-order chi connectivity index (χ1) is 10.2. The van der Waals surface area contributed by atoms with E-state index in [1.54, 1.807) is 12.1 Å². The van der Waals surface area contributed by atoms with Crippen LogP contribution in [0.5, 0.6) is 5.75 Å². The largest absolute Gasteiger partial charge is 0.485 e. The Hall–Kier alpha value is -1.71. The van der Waals surface area contributed by atoms with Crippen LogP contribution >= 0.6 is 23.2 Å². The van der Waals surface area contributed by atoms with Gasteiger partial charge in [0.2, 0.25) is 0 Å². The molecule has 0 aliphatic heterocycles. The van der Waals surface area contributed by atoms with Gasteiger partial charge in [-0.25, -0.2) is 4.98 Å². The summed E-state index contributed by atoms with van der Waals surface area (Å²) in [4.78, 5) is 4.56. The molecule has 21 heavy (non-hydrogen) atoms. The third kappa shape index (κ3) is 2.85. The van der Waals surface area contributed by atoms with Crippen molar-refractivity contribution >= 4 is 28.8 Å².